The first kappa shape index (κ1) is 21.3. The molecule has 0 radical (unpaired) electrons. The van der Waals surface area contributed by atoms with Gasteiger partial charge in [-0.3, -0.25) is 0 Å². The van der Waals surface area contributed by atoms with Crippen molar-refractivity contribution in [2.45, 2.75) is 60.5 Å². The summed E-state index contributed by atoms with van der Waals surface area (Å²) in [6.45, 7) is 14.4. The molecule has 138 valence electrons. The fraction of sp³-hybridized carbons (Fsp3) is 0.476. The zero-order valence-corrected chi connectivity index (χ0v) is 17.2. The summed E-state index contributed by atoms with van der Waals surface area (Å²) < 4.78 is 5.43. The predicted octanol–water partition coefficient (Wildman–Crippen LogP) is 5.97. The number of ether oxygens (including phenoxy) is 1. The maximum absolute atomic E-state index is 12.2. The lowest BCUT2D eigenvalue weighted by atomic mass is 10.0. The Morgan fingerprint density at radius 2 is 1.88 bits per heavy atom. The molecule has 0 N–H and O–H groups in total. The molecular formula is C21H30ClNO2. The van der Waals surface area contributed by atoms with Crippen LogP contribution in [0, 0.1) is 6.92 Å². The SMILES string of the molecule is CCCN(/C=C(\C)C(=O)OC(C)(C)C)/C=C(\C)c1ccc(Cl)cc1C. The topological polar surface area (TPSA) is 29.5 Å². The Hall–Kier alpha value is -1.74. The van der Waals surface area contributed by atoms with Crippen LogP contribution in [0.4, 0.5) is 0 Å². The van der Waals surface area contributed by atoms with Crippen LogP contribution in [0.25, 0.3) is 5.57 Å². The van der Waals surface area contributed by atoms with E-state index in [1.807, 2.05) is 57.0 Å². The fourth-order valence-electron chi connectivity index (χ4n) is 2.47. The van der Waals surface area contributed by atoms with Crippen molar-refractivity contribution in [3.63, 3.8) is 0 Å². The Morgan fingerprint density at radius 1 is 1.24 bits per heavy atom. The number of allylic oxidation sites excluding steroid dienone is 1. The largest absolute Gasteiger partial charge is 0.457 e. The van der Waals surface area contributed by atoms with E-state index < -0.39 is 5.60 Å². The van der Waals surface area contributed by atoms with E-state index in [1.54, 1.807) is 6.92 Å². The van der Waals surface area contributed by atoms with E-state index in [2.05, 4.69) is 20.0 Å². The van der Waals surface area contributed by atoms with Gasteiger partial charge in [0.1, 0.15) is 5.60 Å². The minimum absolute atomic E-state index is 0.290. The molecule has 1 aromatic carbocycles. The molecule has 0 spiro atoms. The number of hydrogen-bond donors (Lipinski definition) is 0. The van der Waals surface area contributed by atoms with E-state index >= 15 is 0 Å². The summed E-state index contributed by atoms with van der Waals surface area (Å²) >= 11 is 6.04. The lowest BCUT2D eigenvalue weighted by Gasteiger charge is -2.22. The number of esters is 1. The van der Waals surface area contributed by atoms with Gasteiger partial charge in [-0.15, -0.1) is 0 Å². The highest BCUT2D eigenvalue weighted by atomic mass is 35.5. The van der Waals surface area contributed by atoms with Crippen LogP contribution in [0.3, 0.4) is 0 Å². The molecule has 0 heterocycles. The molecule has 0 atom stereocenters. The van der Waals surface area contributed by atoms with Gasteiger partial charge in [0.15, 0.2) is 0 Å². The minimum atomic E-state index is -0.492. The number of halogens is 1. The molecule has 0 saturated carbocycles. The summed E-state index contributed by atoms with van der Waals surface area (Å²) in [5, 5.41) is 0.736. The third-order valence-corrected chi connectivity index (χ3v) is 3.77. The molecule has 0 aromatic heterocycles. The van der Waals surface area contributed by atoms with Crippen LogP contribution in [0.15, 0.2) is 36.2 Å². The van der Waals surface area contributed by atoms with Crippen molar-refractivity contribution in [2.75, 3.05) is 6.54 Å². The number of hydrogen-bond acceptors (Lipinski definition) is 3. The maximum atomic E-state index is 12.2. The zero-order valence-electron chi connectivity index (χ0n) is 16.4. The minimum Gasteiger partial charge on any atom is -0.457 e. The van der Waals surface area contributed by atoms with Crippen molar-refractivity contribution in [1.29, 1.82) is 0 Å². The van der Waals surface area contributed by atoms with Gasteiger partial charge in [-0.2, -0.15) is 0 Å². The molecular weight excluding hydrogens is 334 g/mol. The molecule has 0 unspecified atom stereocenters. The Morgan fingerprint density at radius 3 is 2.40 bits per heavy atom. The van der Waals surface area contributed by atoms with Crippen LogP contribution in [-0.4, -0.2) is 23.0 Å². The third kappa shape index (κ3) is 7.35. The van der Waals surface area contributed by atoms with Crippen LogP contribution < -0.4 is 0 Å². The first-order valence-electron chi connectivity index (χ1n) is 8.66. The van der Waals surface area contributed by atoms with E-state index in [-0.39, 0.29) is 5.97 Å². The predicted molar refractivity (Wildman–Crippen MR) is 106 cm³/mol. The molecule has 25 heavy (non-hydrogen) atoms. The van der Waals surface area contributed by atoms with Crippen LogP contribution in [0.1, 0.15) is 59.1 Å². The van der Waals surface area contributed by atoms with Gasteiger partial charge >= 0.3 is 5.97 Å². The van der Waals surface area contributed by atoms with Crippen molar-refractivity contribution >= 4 is 23.1 Å². The molecule has 0 aliphatic heterocycles. The number of carbonyl (C=O) groups excluding carboxylic acids is 1. The molecule has 0 amide bonds. The summed E-state index contributed by atoms with van der Waals surface area (Å²) in [6, 6.07) is 5.88. The van der Waals surface area contributed by atoms with Crippen LogP contribution in [0.5, 0.6) is 0 Å². The van der Waals surface area contributed by atoms with Gasteiger partial charge in [-0.1, -0.05) is 24.6 Å². The van der Waals surface area contributed by atoms with Gasteiger partial charge < -0.3 is 9.64 Å². The summed E-state index contributed by atoms with van der Waals surface area (Å²) in [5.41, 5.74) is 3.49. The molecule has 0 aliphatic carbocycles. The lowest BCUT2D eigenvalue weighted by molar-refractivity contribution is -0.149. The average molecular weight is 364 g/mol. The second-order valence-corrected chi connectivity index (χ2v) is 7.76. The van der Waals surface area contributed by atoms with Gasteiger partial charge in [0.2, 0.25) is 0 Å². The van der Waals surface area contributed by atoms with Crippen molar-refractivity contribution in [3.8, 4) is 0 Å². The third-order valence-electron chi connectivity index (χ3n) is 3.53. The van der Waals surface area contributed by atoms with E-state index in [1.165, 1.54) is 0 Å². The number of nitrogens with zero attached hydrogens (tertiary/aromatic N) is 1. The van der Waals surface area contributed by atoms with E-state index in [9.17, 15) is 4.79 Å². The average Bonchev–Trinajstić information content (AvgIpc) is 2.45. The fourth-order valence-corrected chi connectivity index (χ4v) is 2.70. The van der Waals surface area contributed by atoms with Crippen LogP contribution >= 0.6 is 11.6 Å². The van der Waals surface area contributed by atoms with Crippen molar-refractivity contribution in [1.82, 2.24) is 4.90 Å². The summed E-state index contributed by atoms with van der Waals surface area (Å²) in [6.07, 6.45) is 4.89. The van der Waals surface area contributed by atoms with Crippen molar-refractivity contribution < 1.29 is 9.53 Å². The van der Waals surface area contributed by atoms with Gasteiger partial charge in [0.25, 0.3) is 0 Å². The molecule has 0 aliphatic rings. The number of rotatable bonds is 6. The lowest BCUT2D eigenvalue weighted by Crippen LogP contribution is -2.25. The van der Waals surface area contributed by atoms with E-state index in [0.29, 0.717) is 5.57 Å². The van der Waals surface area contributed by atoms with Crippen LogP contribution in [-0.2, 0) is 9.53 Å². The standard InChI is InChI=1S/C21H30ClNO2/c1-8-11-23(14-17(4)20(24)25-21(5,6)7)13-16(3)19-10-9-18(22)12-15(19)2/h9-10,12-14H,8,11H2,1-7H3/b16-13+,17-14+. The normalized spacial score (nSPS) is 13.0. The Kier molecular flexibility index (Phi) is 7.75. The van der Waals surface area contributed by atoms with Crippen molar-refractivity contribution in [3.05, 3.63) is 52.3 Å². The molecule has 0 saturated heterocycles. The highest BCUT2D eigenvalue weighted by molar-refractivity contribution is 6.30. The number of carbonyl (C=O) groups is 1. The molecule has 0 bridgehead atoms. The van der Waals surface area contributed by atoms with Crippen molar-refractivity contribution in [2.24, 2.45) is 0 Å². The molecule has 1 rings (SSSR count). The van der Waals surface area contributed by atoms with E-state index in [4.69, 9.17) is 16.3 Å². The second-order valence-electron chi connectivity index (χ2n) is 7.32. The second kappa shape index (κ2) is 9.10. The summed E-state index contributed by atoms with van der Waals surface area (Å²) in [5.74, 6) is -0.290. The highest BCUT2D eigenvalue weighted by Crippen LogP contribution is 2.23. The number of benzene rings is 1. The maximum Gasteiger partial charge on any atom is 0.335 e. The summed E-state index contributed by atoms with van der Waals surface area (Å²) in [4.78, 5) is 14.2. The van der Waals surface area contributed by atoms with E-state index in [0.717, 1.165) is 34.7 Å². The van der Waals surface area contributed by atoms with Gasteiger partial charge in [-0.25, -0.2) is 4.79 Å². The Balaban J connectivity index is 3.06. The molecule has 4 heteroatoms. The first-order valence-corrected chi connectivity index (χ1v) is 9.03. The molecule has 1 aromatic rings. The smallest absolute Gasteiger partial charge is 0.335 e. The highest BCUT2D eigenvalue weighted by Gasteiger charge is 2.17. The van der Waals surface area contributed by atoms with Gasteiger partial charge in [-0.05, 0) is 76.8 Å². The zero-order chi connectivity index (χ0) is 19.2. The monoisotopic (exact) mass is 363 g/mol. The van der Waals surface area contributed by atoms with Gasteiger partial charge in [0.05, 0.1) is 5.57 Å². The van der Waals surface area contributed by atoms with Crippen LogP contribution in [0.2, 0.25) is 5.02 Å². The quantitative estimate of drug-likeness (QED) is 0.460. The molecule has 0 fully saturated rings. The number of aryl methyl sites for hydroxylation is 1. The Labute approximate surface area is 157 Å². The van der Waals surface area contributed by atoms with Gasteiger partial charge in [0, 0.05) is 24.0 Å². The Bertz CT molecular complexity index is 669. The first-order chi connectivity index (χ1) is 11.5. The summed E-state index contributed by atoms with van der Waals surface area (Å²) in [7, 11) is 0. The molecule has 3 nitrogen and oxygen atoms in total.